The van der Waals surface area contributed by atoms with E-state index in [0.29, 0.717) is 5.95 Å². The van der Waals surface area contributed by atoms with Gasteiger partial charge in [-0.05, 0) is 30.7 Å². The summed E-state index contributed by atoms with van der Waals surface area (Å²) in [6.07, 6.45) is 1.97. The van der Waals surface area contributed by atoms with Crippen molar-refractivity contribution in [3.63, 3.8) is 0 Å². The fraction of sp³-hybridized carbons (Fsp3) is 0.143. The summed E-state index contributed by atoms with van der Waals surface area (Å²) in [5, 5.41) is 4.07. The molecule has 0 aliphatic heterocycles. The van der Waals surface area contributed by atoms with Gasteiger partial charge in [0.1, 0.15) is 0 Å². The number of nitrogens with zero attached hydrogens (tertiary/aromatic N) is 3. The fourth-order valence-corrected chi connectivity index (χ4v) is 2.95. The van der Waals surface area contributed by atoms with E-state index in [9.17, 15) is 4.79 Å². The first-order valence-electron chi connectivity index (χ1n) is 9.11. The molecule has 4 N–H and O–H groups in total. The molecule has 8 heteroatoms. The minimum absolute atomic E-state index is 0.0530. The molecule has 0 fully saturated rings. The van der Waals surface area contributed by atoms with E-state index in [2.05, 4.69) is 25.3 Å². The highest BCUT2D eigenvalue weighted by molar-refractivity contribution is 5.87. The van der Waals surface area contributed by atoms with Gasteiger partial charge in [-0.3, -0.25) is 4.79 Å². The zero-order valence-electron chi connectivity index (χ0n) is 15.8. The van der Waals surface area contributed by atoms with Gasteiger partial charge in [0.05, 0.1) is 6.42 Å². The molecule has 8 nitrogen and oxygen atoms in total. The van der Waals surface area contributed by atoms with Gasteiger partial charge in [-0.1, -0.05) is 35.9 Å². The molecule has 2 aromatic carbocycles. The Morgan fingerprint density at radius 2 is 1.90 bits per heavy atom. The van der Waals surface area contributed by atoms with E-state index in [1.165, 1.54) is 0 Å². The van der Waals surface area contributed by atoms with Gasteiger partial charge in [-0.15, -0.1) is 0 Å². The van der Waals surface area contributed by atoms with Crippen LogP contribution in [0.15, 0.2) is 54.7 Å². The number of esters is 1. The molecule has 4 rings (SSSR count). The lowest BCUT2D eigenvalue weighted by Gasteiger charge is -2.08. The first kappa shape index (κ1) is 18.4. The predicted molar refractivity (Wildman–Crippen MR) is 110 cm³/mol. The third kappa shape index (κ3) is 4.49. The normalized spacial score (nSPS) is 10.8. The number of rotatable bonds is 6. The molecular formula is C21H20N6O2. The number of nitrogens with one attached hydrogen (secondary N) is 2. The molecule has 0 bridgehead atoms. The fourth-order valence-electron chi connectivity index (χ4n) is 2.95. The average molecular weight is 388 g/mol. The highest BCUT2D eigenvalue weighted by Gasteiger charge is 2.12. The Bertz CT molecular complexity index is 1150. The van der Waals surface area contributed by atoms with Crippen LogP contribution in [0.2, 0.25) is 0 Å². The van der Waals surface area contributed by atoms with E-state index in [4.69, 9.17) is 10.5 Å². The number of aryl methyl sites for hydroxylation is 1. The number of aromatic amines is 1. The van der Waals surface area contributed by atoms with Crippen molar-refractivity contribution in [3.8, 4) is 0 Å². The van der Waals surface area contributed by atoms with Gasteiger partial charge in [-0.25, -0.2) is 0 Å². The number of para-hydroxylation sites is 1. The van der Waals surface area contributed by atoms with E-state index in [1.807, 2.05) is 61.7 Å². The van der Waals surface area contributed by atoms with Crippen LogP contribution >= 0.6 is 0 Å². The lowest BCUT2D eigenvalue weighted by atomic mass is 10.1. The number of nitrogen functional groups attached to an aromatic ring is 1. The molecule has 29 heavy (non-hydrogen) atoms. The summed E-state index contributed by atoms with van der Waals surface area (Å²) in [5.74, 6) is 0.252. The summed E-state index contributed by atoms with van der Waals surface area (Å²) >= 11 is 0. The number of H-pyrrole nitrogens is 1. The van der Waals surface area contributed by atoms with Crippen molar-refractivity contribution >= 4 is 34.5 Å². The van der Waals surface area contributed by atoms with Crippen molar-refractivity contribution in [1.82, 2.24) is 19.9 Å². The van der Waals surface area contributed by atoms with Gasteiger partial charge in [0.2, 0.25) is 11.9 Å². The quantitative estimate of drug-likeness (QED) is 0.434. The van der Waals surface area contributed by atoms with Gasteiger partial charge >= 0.3 is 5.97 Å². The maximum atomic E-state index is 12.3. The van der Waals surface area contributed by atoms with Gasteiger partial charge in [0.15, 0.2) is 12.4 Å². The number of anilines is 3. The Balaban J connectivity index is 1.40. The smallest absolute Gasteiger partial charge is 0.310 e. The summed E-state index contributed by atoms with van der Waals surface area (Å²) in [5.41, 5.74) is 9.59. The molecule has 4 aromatic rings. The highest BCUT2D eigenvalue weighted by Crippen LogP contribution is 2.19. The standard InChI is InChI=1S/C21H20N6O2/c1-13-6-8-15(9-7-13)24-21-26-18(25-20(22)27-21)12-29-19(28)10-14-11-23-17-5-3-2-4-16(14)17/h2-9,11,23H,10,12H2,1H3,(H3,22,24,25,26,27). The maximum Gasteiger partial charge on any atom is 0.310 e. The third-order valence-electron chi connectivity index (χ3n) is 4.38. The Morgan fingerprint density at radius 3 is 2.72 bits per heavy atom. The largest absolute Gasteiger partial charge is 0.457 e. The highest BCUT2D eigenvalue weighted by atomic mass is 16.5. The molecule has 0 radical (unpaired) electrons. The van der Waals surface area contributed by atoms with Crippen LogP contribution in [0.5, 0.6) is 0 Å². The summed E-state index contributed by atoms with van der Waals surface area (Å²) in [6, 6.07) is 15.6. The molecule has 2 heterocycles. The minimum atomic E-state index is -0.373. The molecule has 0 aliphatic rings. The second-order valence-corrected chi connectivity index (χ2v) is 6.62. The van der Waals surface area contributed by atoms with Crippen LogP contribution < -0.4 is 11.1 Å². The van der Waals surface area contributed by atoms with Crippen molar-refractivity contribution in [1.29, 1.82) is 0 Å². The number of benzene rings is 2. The van der Waals surface area contributed by atoms with Crippen molar-refractivity contribution in [2.45, 2.75) is 20.0 Å². The number of ether oxygens (including phenoxy) is 1. The van der Waals surface area contributed by atoms with Crippen LogP contribution in [0.25, 0.3) is 10.9 Å². The summed E-state index contributed by atoms with van der Waals surface area (Å²) in [4.78, 5) is 27.8. The van der Waals surface area contributed by atoms with Crippen molar-refractivity contribution in [2.75, 3.05) is 11.1 Å². The van der Waals surface area contributed by atoms with Crippen molar-refractivity contribution in [3.05, 3.63) is 71.7 Å². The lowest BCUT2D eigenvalue weighted by molar-refractivity contribution is -0.144. The monoisotopic (exact) mass is 388 g/mol. The zero-order chi connectivity index (χ0) is 20.2. The summed E-state index contributed by atoms with van der Waals surface area (Å²) in [6.45, 7) is 1.92. The molecule has 0 aliphatic carbocycles. The molecule has 0 saturated carbocycles. The Hall–Kier alpha value is -3.94. The van der Waals surface area contributed by atoms with Crippen LogP contribution in [-0.2, 0) is 22.6 Å². The molecule has 0 saturated heterocycles. The predicted octanol–water partition coefficient (Wildman–Crippen LogP) is 3.27. The van der Waals surface area contributed by atoms with Crippen molar-refractivity contribution < 1.29 is 9.53 Å². The number of carbonyl (C=O) groups excluding carboxylic acids is 1. The topological polar surface area (TPSA) is 119 Å². The number of carbonyl (C=O) groups is 1. The molecule has 0 amide bonds. The van der Waals surface area contributed by atoms with E-state index in [1.54, 1.807) is 0 Å². The van der Waals surface area contributed by atoms with Gasteiger partial charge in [0.25, 0.3) is 0 Å². The first-order chi connectivity index (χ1) is 14.1. The number of fused-ring (bicyclic) bond motifs is 1. The van der Waals surface area contributed by atoms with E-state index in [0.717, 1.165) is 27.7 Å². The van der Waals surface area contributed by atoms with Gasteiger partial charge < -0.3 is 20.8 Å². The van der Waals surface area contributed by atoms with Crippen LogP contribution in [0.4, 0.5) is 17.6 Å². The Labute approximate surface area is 167 Å². The van der Waals surface area contributed by atoms with Gasteiger partial charge in [0, 0.05) is 22.8 Å². The van der Waals surface area contributed by atoms with Crippen LogP contribution in [0.1, 0.15) is 17.0 Å². The Kier molecular flexibility index (Phi) is 5.07. The molecule has 2 aromatic heterocycles. The number of nitrogens with two attached hydrogens (primary N) is 1. The second-order valence-electron chi connectivity index (χ2n) is 6.62. The number of aromatic nitrogens is 4. The maximum absolute atomic E-state index is 12.3. The molecule has 0 atom stereocenters. The van der Waals surface area contributed by atoms with Crippen molar-refractivity contribution in [2.24, 2.45) is 0 Å². The van der Waals surface area contributed by atoms with E-state index < -0.39 is 0 Å². The van der Waals surface area contributed by atoms with Crippen LogP contribution in [-0.4, -0.2) is 25.9 Å². The number of hydrogen-bond acceptors (Lipinski definition) is 7. The van der Waals surface area contributed by atoms with E-state index in [-0.39, 0.29) is 30.8 Å². The number of hydrogen-bond donors (Lipinski definition) is 3. The molecule has 0 unspecified atom stereocenters. The first-order valence-corrected chi connectivity index (χ1v) is 9.11. The zero-order valence-corrected chi connectivity index (χ0v) is 15.8. The Morgan fingerprint density at radius 1 is 1.10 bits per heavy atom. The van der Waals surface area contributed by atoms with Gasteiger partial charge in [-0.2, -0.15) is 15.0 Å². The molecule has 0 spiro atoms. The summed E-state index contributed by atoms with van der Waals surface area (Å²) < 4.78 is 5.34. The lowest BCUT2D eigenvalue weighted by Crippen LogP contribution is -2.12. The third-order valence-corrected chi connectivity index (χ3v) is 4.38. The minimum Gasteiger partial charge on any atom is -0.457 e. The van der Waals surface area contributed by atoms with E-state index >= 15 is 0 Å². The molecule has 146 valence electrons. The second kappa shape index (κ2) is 7.97. The SMILES string of the molecule is Cc1ccc(Nc2nc(N)nc(COC(=O)Cc3c[nH]c4ccccc34)n2)cc1. The average Bonchev–Trinajstić information content (AvgIpc) is 3.11. The van der Waals surface area contributed by atoms with Crippen LogP contribution in [0.3, 0.4) is 0 Å². The molecular weight excluding hydrogens is 368 g/mol. The van der Waals surface area contributed by atoms with Crippen LogP contribution in [0, 0.1) is 6.92 Å². The summed E-state index contributed by atoms with van der Waals surface area (Å²) in [7, 11) is 0.